The number of aliphatic hydroxyl groups is 1. The van der Waals surface area contributed by atoms with Gasteiger partial charge in [-0.15, -0.1) is 0 Å². The van der Waals surface area contributed by atoms with Crippen LogP contribution in [0.25, 0.3) is 0 Å². The summed E-state index contributed by atoms with van der Waals surface area (Å²) >= 11 is 0. The topological polar surface area (TPSA) is 36.4 Å². The van der Waals surface area contributed by atoms with E-state index in [1.165, 1.54) is 18.4 Å². The van der Waals surface area contributed by atoms with Crippen molar-refractivity contribution in [3.05, 3.63) is 23.9 Å². The van der Waals surface area contributed by atoms with Crippen molar-refractivity contribution in [2.75, 3.05) is 18.1 Å². The Labute approximate surface area is 90.8 Å². The van der Waals surface area contributed by atoms with E-state index in [9.17, 15) is 5.11 Å². The van der Waals surface area contributed by atoms with Gasteiger partial charge >= 0.3 is 0 Å². The molecule has 0 unspecified atom stereocenters. The van der Waals surface area contributed by atoms with E-state index in [4.69, 9.17) is 0 Å². The molecule has 1 aromatic heterocycles. The highest BCUT2D eigenvalue weighted by Crippen LogP contribution is 2.23. The number of pyridine rings is 1. The molecule has 0 radical (unpaired) electrons. The molecule has 3 nitrogen and oxygen atoms in total. The molecule has 1 aliphatic rings. The maximum Gasteiger partial charge on any atom is 0.129 e. The van der Waals surface area contributed by atoms with Crippen LogP contribution in [0, 0.1) is 6.92 Å². The Morgan fingerprint density at radius 2 is 2.40 bits per heavy atom. The second-order valence-electron chi connectivity index (χ2n) is 4.22. The van der Waals surface area contributed by atoms with Gasteiger partial charge in [0, 0.05) is 12.7 Å². The van der Waals surface area contributed by atoms with Crippen LogP contribution in [0.2, 0.25) is 0 Å². The molecule has 2 rings (SSSR count). The summed E-state index contributed by atoms with van der Waals surface area (Å²) in [5.41, 5.74) is 1.22. The number of anilines is 1. The summed E-state index contributed by atoms with van der Waals surface area (Å²) in [7, 11) is 0. The van der Waals surface area contributed by atoms with E-state index in [-0.39, 0.29) is 12.6 Å². The van der Waals surface area contributed by atoms with Gasteiger partial charge in [-0.2, -0.15) is 0 Å². The van der Waals surface area contributed by atoms with Crippen LogP contribution in [-0.4, -0.2) is 29.3 Å². The lowest BCUT2D eigenvalue weighted by atomic mass is 10.0. The lowest BCUT2D eigenvalue weighted by Crippen LogP contribution is -2.42. The normalized spacial score (nSPS) is 21.7. The number of aromatic nitrogens is 1. The highest BCUT2D eigenvalue weighted by Gasteiger charge is 2.22. The van der Waals surface area contributed by atoms with Gasteiger partial charge in [0.1, 0.15) is 5.82 Å². The molecule has 0 aromatic carbocycles. The van der Waals surface area contributed by atoms with Crippen LogP contribution in [0.5, 0.6) is 0 Å². The molecule has 1 saturated heterocycles. The first-order valence-electron chi connectivity index (χ1n) is 5.61. The molecular formula is C12H18N2O. The zero-order chi connectivity index (χ0) is 10.7. The van der Waals surface area contributed by atoms with Gasteiger partial charge in [0.05, 0.1) is 12.6 Å². The average Bonchev–Trinajstić information content (AvgIpc) is 2.29. The Balaban J connectivity index is 2.20. The lowest BCUT2D eigenvalue weighted by molar-refractivity contribution is 0.239. The van der Waals surface area contributed by atoms with Crippen molar-refractivity contribution in [1.29, 1.82) is 0 Å². The van der Waals surface area contributed by atoms with Crippen LogP contribution < -0.4 is 4.90 Å². The molecule has 0 bridgehead atoms. The number of hydrogen-bond acceptors (Lipinski definition) is 3. The van der Waals surface area contributed by atoms with Crippen molar-refractivity contribution in [2.24, 2.45) is 0 Å². The third-order valence-electron chi connectivity index (χ3n) is 3.03. The predicted octanol–water partition coefficient (Wildman–Crippen LogP) is 1.74. The molecule has 2 heterocycles. The minimum absolute atomic E-state index is 0.232. The van der Waals surface area contributed by atoms with Crippen molar-refractivity contribution < 1.29 is 5.11 Å². The Hall–Kier alpha value is -1.09. The van der Waals surface area contributed by atoms with E-state index in [2.05, 4.69) is 22.9 Å². The van der Waals surface area contributed by atoms with Gasteiger partial charge in [0.2, 0.25) is 0 Å². The molecule has 1 aliphatic heterocycles. The van der Waals surface area contributed by atoms with E-state index in [0.29, 0.717) is 0 Å². The number of rotatable bonds is 2. The molecule has 1 aromatic rings. The third-order valence-corrected chi connectivity index (χ3v) is 3.03. The molecule has 82 valence electrons. The van der Waals surface area contributed by atoms with Crippen LogP contribution in [0.3, 0.4) is 0 Å². The Morgan fingerprint density at radius 1 is 1.53 bits per heavy atom. The van der Waals surface area contributed by atoms with Crippen LogP contribution >= 0.6 is 0 Å². The zero-order valence-corrected chi connectivity index (χ0v) is 9.19. The number of aliphatic hydroxyl groups excluding tert-OH is 1. The summed E-state index contributed by atoms with van der Waals surface area (Å²) in [4.78, 5) is 6.61. The minimum atomic E-state index is 0.232. The Morgan fingerprint density at radius 3 is 3.13 bits per heavy atom. The molecule has 1 atom stereocenters. The second-order valence-corrected chi connectivity index (χ2v) is 4.22. The smallest absolute Gasteiger partial charge is 0.129 e. The molecule has 1 fully saturated rings. The van der Waals surface area contributed by atoms with Gasteiger partial charge in [0.15, 0.2) is 0 Å². The van der Waals surface area contributed by atoms with E-state index in [1.54, 1.807) is 0 Å². The number of nitrogens with zero attached hydrogens (tertiary/aromatic N) is 2. The van der Waals surface area contributed by atoms with Crippen molar-refractivity contribution in [3.63, 3.8) is 0 Å². The summed E-state index contributed by atoms with van der Waals surface area (Å²) < 4.78 is 0. The number of hydrogen-bond donors (Lipinski definition) is 1. The van der Waals surface area contributed by atoms with Crippen molar-refractivity contribution in [3.8, 4) is 0 Å². The van der Waals surface area contributed by atoms with Crippen LogP contribution in [0.4, 0.5) is 5.82 Å². The highest BCUT2D eigenvalue weighted by molar-refractivity contribution is 5.42. The first kappa shape index (κ1) is 10.4. The van der Waals surface area contributed by atoms with Gasteiger partial charge in [-0.3, -0.25) is 0 Å². The molecule has 3 heteroatoms. The van der Waals surface area contributed by atoms with Gasteiger partial charge in [-0.25, -0.2) is 4.98 Å². The fourth-order valence-corrected chi connectivity index (χ4v) is 2.17. The zero-order valence-electron chi connectivity index (χ0n) is 9.19. The quantitative estimate of drug-likeness (QED) is 0.800. The van der Waals surface area contributed by atoms with Crippen molar-refractivity contribution >= 4 is 5.82 Å². The first-order chi connectivity index (χ1) is 7.31. The van der Waals surface area contributed by atoms with Crippen LogP contribution in [0.1, 0.15) is 24.8 Å². The fourth-order valence-electron chi connectivity index (χ4n) is 2.17. The average molecular weight is 206 g/mol. The van der Waals surface area contributed by atoms with E-state index in [1.807, 2.05) is 12.3 Å². The molecule has 0 saturated carbocycles. The largest absolute Gasteiger partial charge is 0.394 e. The van der Waals surface area contributed by atoms with Gasteiger partial charge in [-0.1, -0.05) is 0 Å². The molecule has 15 heavy (non-hydrogen) atoms. The maximum atomic E-state index is 9.32. The summed E-state index contributed by atoms with van der Waals surface area (Å²) in [5, 5.41) is 9.32. The molecule has 0 aliphatic carbocycles. The third kappa shape index (κ3) is 2.29. The summed E-state index contributed by atoms with van der Waals surface area (Å²) in [5.74, 6) is 1.01. The summed E-state index contributed by atoms with van der Waals surface area (Å²) in [6.07, 6.45) is 5.33. The van der Waals surface area contributed by atoms with Crippen LogP contribution in [-0.2, 0) is 0 Å². The molecule has 0 spiro atoms. The summed E-state index contributed by atoms with van der Waals surface area (Å²) in [6.45, 7) is 3.32. The van der Waals surface area contributed by atoms with E-state index < -0.39 is 0 Å². The first-order valence-corrected chi connectivity index (χ1v) is 5.61. The maximum absolute atomic E-state index is 9.32. The molecule has 1 N–H and O–H groups in total. The monoisotopic (exact) mass is 206 g/mol. The van der Waals surface area contributed by atoms with Gasteiger partial charge in [0.25, 0.3) is 0 Å². The Bertz CT molecular complexity index is 327. The summed E-state index contributed by atoms with van der Waals surface area (Å²) in [6, 6.07) is 4.35. The lowest BCUT2D eigenvalue weighted by Gasteiger charge is -2.35. The SMILES string of the molecule is Cc1ccnc(N2CCCC[C@@H]2CO)c1. The van der Waals surface area contributed by atoms with Crippen LogP contribution in [0.15, 0.2) is 18.3 Å². The van der Waals surface area contributed by atoms with Gasteiger partial charge in [-0.05, 0) is 43.9 Å². The molecule has 0 amide bonds. The number of aryl methyl sites for hydroxylation is 1. The van der Waals surface area contributed by atoms with E-state index >= 15 is 0 Å². The predicted molar refractivity (Wildman–Crippen MR) is 61.0 cm³/mol. The van der Waals surface area contributed by atoms with E-state index in [0.717, 1.165) is 18.8 Å². The fraction of sp³-hybridized carbons (Fsp3) is 0.583. The second kappa shape index (κ2) is 4.62. The Kier molecular flexibility index (Phi) is 3.21. The highest BCUT2D eigenvalue weighted by atomic mass is 16.3. The van der Waals surface area contributed by atoms with Crippen molar-refractivity contribution in [1.82, 2.24) is 4.98 Å². The number of piperidine rings is 1. The molecular weight excluding hydrogens is 188 g/mol. The standard InChI is InChI=1S/C12H18N2O/c1-10-5-6-13-12(8-10)14-7-3-2-4-11(14)9-15/h5-6,8,11,15H,2-4,7,9H2,1H3/t11-/m1/s1. The minimum Gasteiger partial charge on any atom is -0.394 e. The van der Waals surface area contributed by atoms with Crippen molar-refractivity contribution in [2.45, 2.75) is 32.2 Å². The van der Waals surface area contributed by atoms with Gasteiger partial charge < -0.3 is 10.0 Å².